The van der Waals surface area contributed by atoms with Gasteiger partial charge in [0, 0.05) is 19.6 Å². The summed E-state index contributed by atoms with van der Waals surface area (Å²) in [5.41, 5.74) is 0. The van der Waals surface area contributed by atoms with Crippen molar-refractivity contribution in [3.8, 4) is 0 Å². The summed E-state index contributed by atoms with van der Waals surface area (Å²) >= 11 is 0. The molecule has 24 heavy (non-hydrogen) atoms. The summed E-state index contributed by atoms with van der Waals surface area (Å²) in [6.07, 6.45) is -2.15. The van der Waals surface area contributed by atoms with Crippen LogP contribution in [0.3, 0.4) is 0 Å². The van der Waals surface area contributed by atoms with Crippen molar-refractivity contribution in [1.82, 2.24) is 14.7 Å². The van der Waals surface area contributed by atoms with E-state index in [2.05, 4.69) is 6.92 Å². The number of hydrogen-bond donors (Lipinski definition) is 0. The topological polar surface area (TPSA) is 43.9 Å². The smallest absolute Gasteiger partial charge is 0.341 e. The SMILES string of the molecule is CC1CCN(C(=O)[C@H](C)N(C)[C@H]2CCN(CC(F)(F)F)C2=O)CC1. The molecule has 2 saturated heterocycles. The standard InChI is InChI=1S/C16H26F3N3O2/c1-11-4-7-21(8-5-11)14(23)12(2)20(3)13-6-9-22(15(13)24)10-16(17,18)19/h11-13H,4-10H2,1-3H3/t12-,13-/m0/s1. The second kappa shape index (κ2) is 7.29. The lowest BCUT2D eigenvalue weighted by Gasteiger charge is -2.36. The van der Waals surface area contributed by atoms with Crippen LogP contribution in [-0.2, 0) is 9.59 Å². The molecular weight excluding hydrogens is 323 g/mol. The van der Waals surface area contributed by atoms with Gasteiger partial charge in [-0.25, -0.2) is 0 Å². The Morgan fingerprint density at radius 3 is 2.38 bits per heavy atom. The van der Waals surface area contributed by atoms with Crippen LogP contribution in [0.25, 0.3) is 0 Å². The van der Waals surface area contributed by atoms with Crippen LogP contribution >= 0.6 is 0 Å². The molecule has 0 aromatic heterocycles. The number of piperidine rings is 1. The zero-order valence-corrected chi connectivity index (χ0v) is 14.5. The van der Waals surface area contributed by atoms with Gasteiger partial charge in [0.25, 0.3) is 0 Å². The summed E-state index contributed by atoms with van der Waals surface area (Å²) in [5, 5.41) is 0. The second-order valence-corrected chi connectivity index (χ2v) is 7.03. The molecule has 0 spiro atoms. The van der Waals surface area contributed by atoms with Gasteiger partial charge in [0.05, 0.1) is 12.1 Å². The molecule has 0 aromatic carbocycles. The lowest BCUT2D eigenvalue weighted by atomic mass is 9.98. The van der Waals surface area contributed by atoms with Crippen LogP contribution in [0.2, 0.25) is 0 Å². The molecule has 5 nitrogen and oxygen atoms in total. The highest BCUT2D eigenvalue weighted by Gasteiger charge is 2.42. The fourth-order valence-corrected chi connectivity index (χ4v) is 3.41. The third-order valence-corrected chi connectivity index (χ3v) is 5.19. The Labute approximate surface area is 140 Å². The molecule has 2 atom stereocenters. The normalized spacial score (nSPS) is 24.8. The van der Waals surface area contributed by atoms with E-state index in [0.717, 1.165) is 17.7 Å². The molecule has 2 fully saturated rings. The first-order valence-electron chi connectivity index (χ1n) is 8.46. The van der Waals surface area contributed by atoms with E-state index in [1.165, 1.54) is 0 Å². The van der Waals surface area contributed by atoms with Gasteiger partial charge in [-0.15, -0.1) is 0 Å². The number of rotatable bonds is 4. The Morgan fingerprint density at radius 2 is 1.83 bits per heavy atom. The van der Waals surface area contributed by atoms with Crippen LogP contribution in [0, 0.1) is 5.92 Å². The van der Waals surface area contributed by atoms with Gasteiger partial charge in [-0.2, -0.15) is 13.2 Å². The fraction of sp³-hybridized carbons (Fsp3) is 0.875. The van der Waals surface area contributed by atoms with Gasteiger partial charge >= 0.3 is 6.18 Å². The van der Waals surface area contributed by atoms with Crippen LogP contribution in [0.4, 0.5) is 13.2 Å². The molecule has 138 valence electrons. The lowest BCUT2D eigenvalue weighted by Crippen LogP contribution is -2.53. The summed E-state index contributed by atoms with van der Waals surface area (Å²) in [5.74, 6) is 0.0163. The highest BCUT2D eigenvalue weighted by molar-refractivity contribution is 5.86. The van der Waals surface area contributed by atoms with Crippen LogP contribution in [-0.4, -0.2) is 78.0 Å². The number of carbonyl (C=O) groups is 2. The number of amides is 2. The number of carbonyl (C=O) groups excluding carboxylic acids is 2. The van der Waals surface area contributed by atoms with Gasteiger partial charge in [0.15, 0.2) is 0 Å². The average Bonchev–Trinajstić information content (AvgIpc) is 2.85. The van der Waals surface area contributed by atoms with Crippen LogP contribution in [0.1, 0.15) is 33.1 Å². The Bertz CT molecular complexity index is 476. The second-order valence-electron chi connectivity index (χ2n) is 7.03. The van der Waals surface area contributed by atoms with Crippen LogP contribution < -0.4 is 0 Å². The molecule has 2 heterocycles. The number of hydrogen-bond acceptors (Lipinski definition) is 3. The predicted molar refractivity (Wildman–Crippen MR) is 83.2 cm³/mol. The van der Waals surface area contributed by atoms with E-state index < -0.39 is 30.7 Å². The Kier molecular flexibility index (Phi) is 5.78. The van der Waals surface area contributed by atoms with E-state index in [1.54, 1.807) is 23.8 Å². The molecular formula is C16H26F3N3O2. The van der Waals surface area contributed by atoms with Crippen molar-refractivity contribution in [2.24, 2.45) is 5.92 Å². The zero-order valence-electron chi connectivity index (χ0n) is 14.5. The third-order valence-electron chi connectivity index (χ3n) is 5.19. The molecule has 0 N–H and O–H groups in total. The van der Waals surface area contributed by atoms with Crippen molar-refractivity contribution >= 4 is 11.8 Å². The first kappa shape index (κ1) is 19.0. The van der Waals surface area contributed by atoms with Crippen molar-refractivity contribution in [2.75, 3.05) is 33.2 Å². The molecule has 2 amide bonds. The Morgan fingerprint density at radius 1 is 1.25 bits per heavy atom. The maximum Gasteiger partial charge on any atom is 0.406 e. The number of halogens is 3. The van der Waals surface area contributed by atoms with Crippen molar-refractivity contribution in [3.63, 3.8) is 0 Å². The molecule has 0 saturated carbocycles. The van der Waals surface area contributed by atoms with Gasteiger partial charge in [0.2, 0.25) is 11.8 Å². The van der Waals surface area contributed by atoms with Crippen molar-refractivity contribution in [1.29, 1.82) is 0 Å². The van der Waals surface area contributed by atoms with E-state index in [0.29, 0.717) is 25.4 Å². The minimum Gasteiger partial charge on any atom is -0.341 e. The van der Waals surface area contributed by atoms with Crippen molar-refractivity contribution < 1.29 is 22.8 Å². The van der Waals surface area contributed by atoms with Crippen LogP contribution in [0.15, 0.2) is 0 Å². The third kappa shape index (κ3) is 4.40. The van der Waals surface area contributed by atoms with E-state index in [1.807, 2.05) is 0 Å². The number of likely N-dealkylation sites (N-methyl/N-ethyl adjacent to an activating group) is 1. The minimum absolute atomic E-state index is 0.0496. The first-order chi connectivity index (χ1) is 11.1. The fourth-order valence-electron chi connectivity index (χ4n) is 3.41. The van der Waals surface area contributed by atoms with E-state index in [4.69, 9.17) is 0 Å². The highest BCUT2D eigenvalue weighted by Crippen LogP contribution is 2.24. The summed E-state index contributed by atoms with van der Waals surface area (Å²) in [7, 11) is 1.65. The quantitative estimate of drug-likeness (QED) is 0.776. The molecule has 2 aliphatic heterocycles. The first-order valence-corrected chi connectivity index (χ1v) is 8.46. The van der Waals surface area contributed by atoms with Gasteiger partial charge < -0.3 is 9.80 Å². The van der Waals surface area contributed by atoms with Gasteiger partial charge in [-0.3, -0.25) is 14.5 Å². The lowest BCUT2D eigenvalue weighted by molar-refractivity contribution is -0.159. The van der Waals surface area contributed by atoms with Gasteiger partial charge in [0.1, 0.15) is 6.54 Å². The largest absolute Gasteiger partial charge is 0.406 e. The maximum absolute atomic E-state index is 12.6. The Balaban J connectivity index is 1.94. The monoisotopic (exact) mass is 349 g/mol. The average molecular weight is 349 g/mol. The van der Waals surface area contributed by atoms with E-state index in [9.17, 15) is 22.8 Å². The maximum atomic E-state index is 12.6. The number of nitrogens with zero attached hydrogens (tertiary/aromatic N) is 3. The zero-order chi connectivity index (χ0) is 18.1. The van der Waals surface area contributed by atoms with Gasteiger partial charge in [-0.1, -0.05) is 6.92 Å². The number of alkyl halides is 3. The molecule has 0 aromatic rings. The van der Waals surface area contributed by atoms with Crippen molar-refractivity contribution in [2.45, 2.75) is 51.4 Å². The molecule has 0 unspecified atom stereocenters. The Hall–Kier alpha value is -1.31. The highest BCUT2D eigenvalue weighted by atomic mass is 19.4. The molecule has 2 aliphatic rings. The molecule has 0 radical (unpaired) electrons. The summed E-state index contributed by atoms with van der Waals surface area (Å²) in [4.78, 5) is 29.1. The molecule has 2 rings (SSSR count). The molecule has 0 bridgehead atoms. The van der Waals surface area contributed by atoms with E-state index >= 15 is 0 Å². The number of likely N-dealkylation sites (tertiary alicyclic amines) is 2. The molecule has 0 aliphatic carbocycles. The van der Waals surface area contributed by atoms with E-state index in [-0.39, 0.29) is 12.5 Å². The summed E-state index contributed by atoms with van der Waals surface area (Å²) in [6, 6.07) is -1.17. The van der Waals surface area contributed by atoms with Gasteiger partial charge in [-0.05, 0) is 39.2 Å². The minimum atomic E-state index is -4.39. The summed E-state index contributed by atoms with van der Waals surface area (Å²) < 4.78 is 37.5. The summed E-state index contributed by atoms with van der Waals surface area (Å²) in [6.45, 7) is 4.15. The molecule has 8 heteroatoms. The predicted octanol–water partition coefficient (Wildman–Crippen LogP) is 1.73. The van der Waals surface area contributed by atoms with Crippen molar-refractivity contribution in [3.05, 3.63) is 0 Å². The van der Waals surface area contributed by atoms with Crippen LogP contribution in [0.5, 0.6) is 0 Å².